The Morgan fingerprint density at radius 3 is 1.37 bits per heavy atom. The second kappa shape index (κ2) is 23.9. The maximum absolute atomic E-state index is 14.2. The van der Waals surface area contributed by atoms with Gasteiger partial charge in [-0.1, -0.05) is 134 Å². The minimum atomic E-state index is -3.28. The lowest BCUT2D eigenvalue weighted by Crippen LogP contribution is -2.26. The Hall–Kier alpha value is -5.17. The molecule has 0 unspecified atom stereocenters. The lowest BCUT2D eigenvalue weighted by Gasteiger charge is -2.26. The highest BCUT2D eigenvalue weighted by atomic mass is 35.7. The summed E-state index contributed by atoms with van der Waals surface area (Å²) in [5, 5.41) is 15.6. The number of hydrogen-bond acceptors (Lipinski definition) is 6. The molecule has 2 heterocycles. The molecule has 0 fully saturated rings. The van der Waals surface area contributed by atoms with Gasteiger partial charge >= 0.3 is 0 Å². The van der Waals surface area contributed by atoms with E-state index in [4.69, 9.17) is 30.7 Å². The Morgan fingerprint density at radius 2 is 1.00 bits per heavy atom. The minimum Gasteiger partial charge on any atom is -0.490 e. The average molecular weight is 896 g/mol. The normalized spacial score (nSPS) is 16.5. The summed E-state index contributed by atoms with van der Waals surface area (Å²) in [7, 11) is -3.98. The first-order valence-electron chi connectivity index (χ1n) is 20.7. The van der Waals surface area contributed by atoms with Crippen LogP contribution in [0.25, 0.3) is 0 Å². The van der Waals surface area contributed by atoms with Crippen molar-refractivity contribution in [2.45, 2.75) is 59.7 Å². The molecular weight excluding hydrogens is 842 g/mol. The molecule has 1 N–H and O–H groups in total. The molecule has 0 spiro atoms. The zero-order valence-corrected chi connectivity index (χ0v) is 38.3. The van der Waals surface area contributed by atoms with Crippen molar-refractivity contribution in [3.05, 3.63) is 180 Å². The van der Waals surface area contributed by atoms with Gasteiger partial charge in [-0.25, -0.2) is 13.5 Å². The smallest absolute Gasteiger partial charge is 0.247 e. The van der Waals surface area contributed by atoms with Crippen LogP contribution in [0.2, 0.25) is 0 Å². The fraction of sp³-hybridized carbons (Fsp3) is 0.240. The zero-order valence-electron chi connectivity index (χ0n) is 35.7. The number of fused-ring (bicyclic) bond motifs is 2. The lowest BCUT2D eigenvalue weighted by atomic mass is 10.0. The third-order valence-electron chi connectivity index (χ3n) is 10.0. The van der Waals surface area contributed by atoms with Gasteiger partial charge in [0.05, 0.1) is 18.7 Å². The molecule has 2 aliphatic heterocycles. The zero-order chi connectivity index (χ0) is 44.5. The standard InChI is InChI=1S/C22H19FNO2P.C12H10ClP.C10H10FNO2.C6H15N/c1-16-14-21(20-15-17(23)12-13-22(20)26-16)24-27(25,18-8-4-2-5-9-18)19-10-6-3-7-11-19;13-14(11-7-3-1-4-8-11)12-9-5-2-6-10-12;1-6-4-9(12-13)8-5-7(11)2-3-10(8)14-6;1-4-7(5-2)6-3/h2-13,15-16H,14H2,1H3;1-10H;2-3,5-6,13H,4H2,1H3;4-6H2,1-3H3/b;;12-9+;/t16-;;6-;/m1.1./s1. The van der Waals surface area contributed by atoms with Crippen molar-refractivity contribution in [2.75, 3.05) is 19.6 Å². The van der Waals surface area contributed by atoms with Crippen molar-refractivity contribution in [2.24, 2.45) is 9.92 Å². The maximum Gasteiger partial charge on any atom is 0.247 e. The van der Waals surface area contributed by atoms with E-state index in [-0.39, 0.29) is 23.8 Å². The first-order chi connectivity index (χ1) is 30.0. The van der Waals surface area contributed by atoms with E-state index < -0.39 is 14.6 Å². The first kappa shape index (κ1) is 47.9. The minimum absolute atomic E-state index is 0.0427. The molecule has 2 aliphatic rings. The van der Waals surface area contributed by atoms with E-state index in [0.29, 0.717) is 57.5 Å². The summed E-state index contributed by atoms with van der Waals surface area (Å²) in [4.78, 5) is 2.38. The summed E-state index contributed by atoms with van der Waals surface area (Å²) in [6.07, 6.45) is 0.799. The maximum atomic E-state index is 14.2. The number of rotatable bonds is 8. The number of halogens is 3. The number of hydrogen-bond donors (Lipinski definition) is 1. The molecule has 0 aliphatic carbocycles. The molecule has 12 heteroatoms. The molecule has 6 aromatic carbocycles. The fourth-order valence-electron chi connectivity index (χ4n) is 6.76. The fourth-order valence-corrected chi connectivity index (χ4v) is 10.8. The molecule has 0 saturated heterocycles. The van der Waals surface area contributed by atoms with Gasteiger partial charge in [0.1, 0.15) is 35.3 Å². The van der Waals surface area contributed by atoms with Gasteiger partial charge in [0, 0.05) is 34.6 Å². The highest BCUT2D eigenvalue weighted by molar-refractivity contribution is 7.95. The van der Waals surface area contributed by atoms with Crippen molar-refractivity contribution in [1.82, 2.24) is 4.90 Å². The highest BCUT2D eigenvalue weighted by Gasteiger charge is 2.31. The predicted molar refractivity (Wildman–Crippen MR) is 255 cm³/mol. The molecule has 6 aromatic rings. The first-order valence-corrected chi connectivity index (χ1v) is 24.6. The second-order valence-electron chi connectivity index (χ2n) is 14.5. The quantitative estimate of drug-likeness (QED) is 0.0935. The van der Waals surface area contributed by atoms with Crippen LogP contribution in [0.15, 0.2) is 168 Å². The molecule has 324 valence electrons. The molecular formula is C50H54ClF2N3O4P2. The van der Waals surface area contributed by atoms with E-state index in [1.54, 1.807) is 12.1 Å². The number of nitrogens with zero attached hydrogens (tertiary/aromatic N) is 3. The monoisotopic (exact) mass is 895 g/mol. The Labute approximate surface area is 371 Å². The Morgan fingerprint density at radius 1 is 0.629 bits per heavy atom. The van der Waals surface area contributed by atoms with Gasteiger partial charge in [0.15, 0.2) is 0 Å². The molecule has 8 rings (SSSR count). The van der Waals surface area contributed by atoms with Crippen LogP contribution in [0.5, 0.6) is 11.5 Å². The molecule has 0 bridgehead atoms. The third kappa shape index (κ3) is 13.2. The van der Waals surface area contributed by atoms with E-state index in [1.165, 1.54) is 54.5 Å². The van der Waals surface area contributed by atoms with Crippen molar-refractivity contribution in [3.8, 4) is 11.5 Å². The van der Waals surface area contributed by atoms with Gasteiger partial charge in [-0.05, 0) is 105 Å². The van der Waals surface area contributed by atoms with Gasteiger partial charge in [-0.15, -0.1) is 0 Å². The lowest BCUT2D eigenvalue weighted by molar-refractivity contribution is 0.217. The van der Waals surface area contributed by atoms with Gasteiger partial charge in [0.25, 0.3) is 0 Å². The highest BCUT2D eigenvalue weighted by Crippen LogP contribution is 2.47. The number of ether oxygens (including phenoxy) is 2. The largest absolute Gasteiger partial charge is 0.490 e. The molecule has 0 radical (unpaired) electrons. The summed E-state index contributed by atoms with van der Waals surface area (Å²) in [6.45, 7) is 13.9. The van der Waals surface area contributed by atoms with Crippen molar-refractivity contribution in [3.63, 3.8) is 0 Å². The molecule has 0 amide bonds. The number of oxime groups is 1. The van der Waals surface area contributed by atoms with Gasteiger partial charge in [-0.3, -0.25) is 4.57 Å². The van der Waals surface area contributed by atoms with Crippen LogP contribution >= 0.6 is 25.8 Å². The van der Waals surface area contributed by atoms with E-state index in [0.717, 1.165) is 0 Å². The molecule has 2 atom stereocenters. The van der Waals surface area contributed by atoms with E-state index >= 15 is 0 Å². The van der Waals surface area contributed by atoms with Crippen LogP contribution < -0.4 is 30.7 Å². The summed E-state index contributed by atoms with van der Waals surface area (Å²) in [6, 6.07) is 47.5. The van der Waals surface area contributed by atoms with Crippen molar-refractivity contribution in [1.29, 1.82) is 0 Å². The van der Waals surface area contributed by atoms with Crippen LogP contribution in [0.4, 0.5) is 8.78 Å². The van der Waals surface area contributed by atoms with Crippen molar-refractivity contribution < 1.29 is 28.0 Å². The molecule has 0 aromatic heterocycles. The summed E-state index contributed by atoms with van der Waals surface area (Å²) < 4.78 is 57.0. The Bertz CT molecular complexity index is 2320. The second-order valence-corrected chi connectivity index (χ2v) is 19.5. The summed E-state index contributed by atoms with van der Waals surface area (Å²) in [5.41, 5.74) is 2.18. The molecule has 0 saturated carbocycles. The summed E-state index contributed by atoms with van der Waals surface area (Å²) >= 11 is 6.40. The Kier molecular flexibility index (Phi) is 18.4. The molecule has 62 heavy (non-hydrogen) atoms. The van der Waals surface area contributed by atoms with Crippen LogP contribution in [-0.4, -0.2) is 53.4 Å². The van der Waals surface area contributed by atoms with Crippen molar-refractivity contribution >= 4 is 58.4 Å². The summed E-state index contributed by atoms with van der Waals surface area (Å²) in [5.74, 6) is 0.413. The predicted octanol–water partition coefficient (Wildman–Crippen LogP) is 11.5. The van der Waals surface area contributed by atoms with E-state index in [2.05, 4.69) is 55.1 Å². The van der Waals surface area contributed by atoms with E-state index in [1.807, 2.05) is 111 Å². The third-order valence-corrected chi connectivity index (χ3v) is 15.2. The van der Waals surface area contributed by atoms with Gasteiger partial charge < -0.3 is 19.6 Å². The van der Waals surface area contributed by atoms with Crippen LogP contribution in [0, 0.1) is 11.6 Å². The van der Waals surface area contributed by atoms with Gasteiger partial charge in [0.2, 0.25) is 7.29 Å². The number of benzene rings is 6. The van der Waals surface area contributed by atoms with E-state index in [9.17, 15) is 13.3 Å². The SMILES string of the molecule is CCN(CC)CC.C[C@@H]1C/C(=N\O)c2cc(F)ccc2O1.C[C@@H]1CC(=NP(=O)(c2ccccc2)c2ccccc2)c2cc(F)ccc2O1.ClP(c1ccccc1)c1ccccc1. The molecule has 7 nitrogen and oxygen atoms in total. The topological polar surface area (TPSA) is 83.7 Å². The van der Waals surface area contributed by atoms with Crippen LogP contribution in [0.1, 0.15) is 58.6 Å². The van der Waals surface area contributed by atoms with Crippen LogP contribution in [-0.2, 0) is 4.57 Å². The van der Waals surface area contributed by atoms with Gasteiger partial charge in [-0.2, -0.15) is 0 Å². The van der Waals surface area contributed by atoms with Crippen LogP contribution in [0.3, 0.4) is 0 Å². The Balaban J connectivity index is 0.000000175. The average Bonchev–Trinajstić information content (AvgIpc) is 3.31.